The van der Waals surface area contributed by atoms with Gasteiger partial charge in [0, 0.05) is 18.0 Å². The molecule has 0 atom stereocenters. The van der Waals surface area contributed by atoms with Gasteiger partial charge < -0.3 is 14.8 Å². The maximum atomic E-state index is 9.23. The van der Waals surface area contributed by atoms with Crippen molar-refractivity contribution in [3.8, 4) is 29.5 Å². The van der Waals surface area contributed by atoms with E-state index >= 15 is 0 Å². The molecule has 0 amide bonds. The molecule has 34 heavy (non-hydrogen) atoms. The molecule has 4 rings (SSSR count). The molecule has 7 heteroatoms. The first-order valence-electron chi connectivity index (χ1n) is 10.6. The first-order valence-corrected chi connectivity index (χ1v) is 10.6. The SMILES string of the molecule is Cc1cc(COc2ccccc2C#N)cc(C)c1Oc1ccnc(Nc2ccc(C#N)cc2)n1. The third kappa shape index (κ3) is 5.29. The molecule has 1 heterocycles. The van der Waals surface area contributed by atoms with Crippen LogP contribution < -0.4 is 14.8 Å². The lowest BCUT2D eigenvalue weighted by molar-refractivity contribution is 0.305. The Labute approximate surface area is 197 Å². The molecule has 0 unspecified atom stereocenters. The highest BCUT2D eigenvalue weighted by Crippen LogP contribution is 2.30. The normalized spacial score (nSPS) is 10.1. The summed E-state index contributed by atoms with van der Waals surface area (Å²) in [6, 6.07) is 24.1. The number of hydrogen-bond donors (Lipinski definition) is 1. The number of benzene rings is 3. The number of nitriles is 2. The third-order valence-electron chi connectivity index (χ3n) is 5.03. The Morgan fingerprint density at radius 3 is 2.35 bits per heavy atom. The smallest absolute Gasteiger partial charge is 0.230 e. The topological polar surface area (TPSA) is 104 Å². The quantitative estimate of drug-likeness (QED) is 0.373. The highest BCUT2D eigenvalue weighted by atomic mass is 16.5. The molecule has 0 bridgehead atoms. The van der Waals surface area contributed by atoms with Crippen molar-refractivity contribution in [3.05, 3.63) is 101 Å². The van der Waals surface area contributed by atoms with E-state index in [1.807, 2.05) is 38.1 Å². The molecule has 0 aliphatic carbocycles. The molecule has 0 saturated heterocycles. The number of nitrogens with one attached hydrogen (secondary N) is 1. The first kappa shape index (κ1) is 22.3. The van der Waals surface area contributed by atoms with Gasteiger partial charge in [-0.3, -0.25) is 0 Å². The van der Waals surface area contributed by atoms with Crippen molar-refractivity contribution in [2.24, 2.45) is 0 Å². The van der Waals surface area contributed by atoms with Crippen LogP contribution in [0.15, 0.2) is 72.9 Å². The Kier molecular flexibility index (Phi) is 6.67. The minimum Gasteiger partial charge on any atom is -0.488 e. The van der Waals surface area contributed by atoms with Crippen molar-refractivity contribution in [3.63, 3.8) is 0 Å². The summed E-state index contributed by atoms with van der Waals surface area (Å²) in [6.45, 7) is 4.27. The molecule has 1 aromatic heterocycles. The van der Waals surface area contributed by atoms with Crippen LogP contribution in [0.25, 0.3) is 0 Å². The van der Waals surface area contributed by atoms with Gasteiger partial charge in [-0.1, -0.05) is 12.1 Å². The molecule has 0 spiro atoms. The molecule has 4 aromatic rings. The average Bonchev–Trinajstić information content (AvgIpc) is 2.86. The van der Waals surface area contributed by atoms with E-state index in [1.165, 1.54) is 0 Å². The number of para-hydroxylation sites is 1. The summed E-state index contributed by atoms with van der Waals surface area (Å²) < 4.78 is 12.0. The van der Waals surface area contributed by atoms with Crippen molar-refractivity contribution in [1.82, 2.24) is 9.97 Å². The van der Waals surface area contributed by atoms with Gasteiger partial charge in [-0.25, -0.2) is 4.98 Å². The van der Waals surface area contributed by atoms with E-state index in [4.69, 9.17) is 14.7 Å². The Bertz CT molecular complexity index is 1380. The summed E-state index contributed by atoms with van der Waals surface area (Å²) in [5, 5.41) is 21.3. The summed E-state index contributed by atoms with van der Waals surface area (Å²) in [5.74, 6) is 2.07. The lowest BCUT2D eigenvalue weighted by Gasteiger charge is -2.14. The van der Waals surface area contributed by atoms with Gasteiger partial charge in [0.15, 0.2) is 0 Å². The minimum absolute atomic E-state index is 0.340. The molecular formula is C27H21N5O2. The maximum Gasteiger partial charge on any atom is 0.230 e. The van der Waals surface area contributed by atoms with Crippen molar-refractivity contribution in [1.29, 1.82) is 10.5 Å². The molecule has 0 radical (unpaired) electrons. The molecule has 3 aromatic carbocycles. The zero-order valence-corrected chi connectivity index (χ0v) is 18.7. The van der Waals surface area contributed by atoms with Gasteiger partial charge in [-0.15, -0.1) is 0 Å². The van der Waals surface area contributed by atoms with E-state index in [-0.39, 0.29) is 0 Å². The second kappa shape index (κ2) is 10.2. The van der Waals surface area contributed by atoms with E-state index < -0.39 is 0 Å². The molecule has 7 nitrogen and oxygen atoms in total. The highest BCUT2D eigenvalue weighted by Gasteiger charge is 2.11. The summed E-state index contributed by atoms with van der Waals surface area (Å²) >= 11 is 0. The number of nitrogens with zero attached hydrogens (tertiary/aromatic N) is 4. The van der Waals surface area contributed by atoms with E-state index in [9.17, 15) is 5.26 Å². The third-order valence-corrected chi connectivity index (χ3v) is 5.03. The van der Waals surface area contributed by atoms with Gasteiger partial charge in [0.2, 0.25) is 11.8 Å². The largest absolute Gasteiger partial charge is 0.488 e. The van der Waals surface area contributed by atoms with Crippen LogP contribution in [0.3, 0.4) is 0 Å². The maximum absolute atomic E-state index is 9.23. The number of anilines is 2. The predicted octanol–water partition coefficient (Wildman–Crippen LogP) is 5.95. The Morgan fingerprint density at radius 2 is 1.65 bits per heavy atom. The van der Waals surface area contributed by atoms with Crippen molar-refractivity contribution in [2.45, 2.75) is 20.5 Å². The first-order chi connectivity index (χ1) is 16.6. The Hall–Kier alpha value is -4.88. The van der Waals surface area contributed by atoms with Gasteiger partial charge in [-0.2, -0.15) is 15.5 Å². The fourth-order valence-corrected chi connectivity index (χ4v) is 3.45. The van der Waals surface area contributed by atoms with Gasteiger partial charge in [0.05, 0.1) is 17.2 Å². The predicted molar refractivity (Wildman–Crippen MR) is 128 cm³/mol. The molecule has 0 saturated carbocycles. The molecule has 0 aliphatic heterocycles. The van der Waals surface area contributed by atoms with E-state index in [0.29, 0.717) is 41.1 Å². The Balaban J connectivity index is 1.47. The number of aromatic nitrogens is 2. The standard InChI is InChI=1S/C27H21N5O2/c1-18-13-21(17-33-24-6-4-3-5-22(24)16-29)14-19(2)26(18)34-25-11-12-30-27(32-25)31-23-9-7-20(15-28)8-10-23/h3-14H,17H2,1-2H3,(H,30,31,32). The van der Waals surface area contributed by atoms with Crippen molar-refractivity contribution < 1.29 is 9.47 Å². The number of ether oxygens (including phenoxy) is 2. The highest BCUT2D eigenvalue weighted by molar-refractivity contribution is 5.55. The average molecular weight is 447 g/mol. The van der Waals surface area contributed by atoms with Gasteiger partial charge in [0.25, 0.3) is 0 Å². The summed E-state index contributed by atoms with van der Waals surface area (Å²) in [4.78, 5) is 8.68. The Morgan fingerprint density at radius 1 is 0.912 bits per heavy atom. The van der Waals surface area contributed by atoms with Crippen LogP contribution in [-0.4, -0.2) is 9.97 Å². The van der Waals surface area contributed by atoms with Crippen LogP contribution in [0.4, 0.5) is 11.6 Å². The van der Waals surface area contributed by atoms with Crippen LogP contribution in [0.1, 0.15) is 27.8 Å². The molecule has 1 N–H and O–H groups in total. The molecular weight excluding hydrogens is 426 g/mol. The summed E-state index contributed by atoms with van der Waals surface area (Å²) in [5.41, 5.74) is 4.70. The van der Waals surface area contributed by atoms with E-state index in [0.717, 1.165) is 22.4 Å². The van der Waals surface area contributed by atoms with E-state index in [1.54, 1.807) is 48.7 Å². The fourth-order valence-electron chi connectivity index (χ4n) is 3.45. The lowest BCUT2D eigenvalue weighted by atomic mass is 10.1. The lowest BCUT2D eigenvalue weighted by Crippen LogP contribution is -2.01. The second-order valence-corrected chi connectivity index (χ2v) is 7.59. The number of rotatable bonds is 7. The van der Waals surface area contributed by atoms with Crippen molar-refractivity contribution in [2.75, 3.05) is 5.32 Å². The van der Waals surface area contributed by atoms with Crippen LogP contribution in [0.5, 0.6) is 17.4 Å². The monoisotopic (exact) mass is 447 g/mol. The number of hydrogen-bond acceptors (Lipinski definition) is 7. The van der Waals surface area contributed by atoms with Crippen LogP contribution in [-0.2, 0) is 6.61 Å². The van der Waals surface area contributed by atoms with Gasteiger partial charge in [0.1, 0.15) is 24.2 Å². The zero-order chi connectivity index (χ0) is 23.9. The van der Waals surface area contributed by atoms with Gasteiger partial charge in [-0.05, 0) is 79.1 Å². The molecule has 166 valence electrons. The molecule has 0 fully saturated rings. The van der Waals surface area contributed by atoms with E-state index in [2.05, 4.69) is 27.4 Å². The fraction of sp³-hybridized carbons (Fsp3) is 0.111. The number of aryl methyl sites for hydroxylation is 2. The van der Waals surface area contributed by atoms with Crippen LogP contribution >= 0.6 is 0 Å². The second-order valence-electron chi connectivity index (χ2n) is 7.59. The van der Waals surface area contributed by atoms with Crippen molar-refractivity contribution >= 4 is 11.6 Å². The summed E-state index contributed by atoms with van der Waals surface area (Å²) in [7, 11) is 0. The van der Waals surface area contributed by atoms with Gasteiger partial charge >= 0.3 is 0 Å². The summed E-state index contributed by atoms with van der Waals surface area (Å²) in [6.07, 6.45) is 1.62. The van der Waals surface area contributed by atoms with Crippen LogP contribution in [0.2, 0.25) is 0 Å². The van der Waals surface area contributed by atoms with Crippen LogP contribution in [0, 0.1) is 36.5 Å². The zero-order valence-electron chi connectivity index (χ0n) is 18.7. The molecule has 0 aliphatic rings. The minimum atomic E-state index is 0.340.